The fourth-order valence-electron chi connectivity index (χ4n) is 5.27. The standard InChI is InChI=1S/C17H24O4S.C16H22O5S/c1-3-4-9-17(10-12-20-13-11-17)14-21-22(18,19)16-7-5-15(2)6-8-16;1-14-3-5-15(6-4-14)22(18,19)21-13-16(7-2-10-17)8-11-20-12-9-16/h3,5-8H,1,4,9-14H2,2H3;3-6,10H,2,7-9,11-13H2,1H3. The molecule has 0 unspecified atom stereocenters. The number of hydrogen-bond donors (Lipinski definition) is 0. The van der Waals surface area contributed by atoms with E-state index in [9.17, 15) is 21.6 Å². The fraction of sp³-hybridized carbons (Fsp3) is 0.545. The average molecular weight is 651 g/mol. The molecule has 4 rings (SSSR count). The summed E-state index contributed by atoms with van der Waals surface area (Å²) >= 11 is 0. The first-order valence-corrected chi connectivity index (χ1v) is 17.9. The molecule has 0 aliphatic carbocycles. The second-order valence-corrected chi connectivity index (χ2v) is 15.0. The lowest BCUT2D eigenvalue weighted by atomic mass is 9.77. The van der Waals surface area contributed by atoms with Gasteiger partial charge >= 0.3 is 0 Å². The number of aryl methyl sites for hydroxylation is 2. The zero-order valence-corrected chi connectivity index (χ0v) is 27.5. The predicted octanol–water partition coefficient (Wildman–Crippen LogP) is 5.94. The molecule has 0 amide bonds. The molecule has 0 saturated carbocycles. The van der Waals surface area contributed by atoms with E-state index >= 15 is 0 Å². The summed E-state index contributed by atoms with van der Waals surface area (Å²) in [5.41, 5.74) is 1.58. The Morgan fingerprint density at radius 3 is 1.39 bits per heavy atom. The van der Waals surface area contributed by atoms with Crippen LogP contribution in [0.5, 0.6) is 0 Å². The summed E-state index contributed by atoms with van der Waals surface area (Å²) in [6, 6.07) is 13.3. The van der Waals surface area contributed by atoms with Gasteiger partial charge in [0.2, 0.25) is 0 Å². The van der Waals surface area contributed by atoms with Gasteiger partial charge in [0.25, 0.3) is 20.2 Å². The van der Waals surface area contributed by atoms with Crippen LogP contribution in [-0.2, 0) is 42.9 Å². The molecule has 0 aromatic heterocycles. The van der Waals surface area contributed by atoms with Crippen molar-refractivity contribution >= 4 is 26.5 Å². The molecule has 0 radical (unpaired) electrons. The average Bonchev–Trinajstić information content (AvgIpc) is 3.03. The Morgan fingerprint density at radius 1 is 0.682 bits per heavy atom. The molecule has 2 aromatic rings. The van der Waals surface area contributed by atoms with Crippen LogP contribution in [0.2, 0.25) is 0 Å². The van der Waals surface area contributed by atoms with Gasteiger partial charge in [-0.25, -0.2) is 0 Å². The zero-order valence-electron chi connectivity index (χ0n) is 25.9. The van der Waals surface area contributed by atoms with E-state index in [0.717, 1.165) is 43.1 Å². The van der Waals surface area contributed by atoms with Crippen LogP contribution >= 0.6 is 0 Å². The molecule has 11 heteroatoms. The van der Waals surface area contributed by atoms with Crippen LogP contribution in [0.3, 0.4) is 0 Å². The molecule has 2 aliphatic rings. The molecular formula is C33H46O9S2. The first-order valence-electron chi connectivity index (χ1n) is 15.1. The van der Waals surface area contributed by atoms with Crippen molar-refractivity contribution in [3.63, 3.8) is 0 Å². The number of hydrogen-bond acceptors (Lipinski definition) is 9. The third kappa shape index (κ3) is 10.9. The molecule has 244 valence electrons. The SMILES string of the molecule is C=CCCC1(COS(=O)(=O)c2ccc(C)cc2)CCOCC1.Cc1ccc(S(=O)(=O)OCC2(CCC=O)CCOCC2)cc1. The summed E-state index contributed by atoms with van der Waals surface area (Å²) in [7, 11) is -7.47. The van der Waals surface area contributed by atoms with Crippen LogP contribution in [0.4, 0.5) is 0 Å². The molecule has 2 heterocycles. The van der Waals surface area contributed by atoms with Gasteiger partial charge in [-0.1, -0.05) is 41.5 Å². The van der Waals surface area contributed by atoms with Crippen molar-refractivity contribution < 1.29 is 39.5 Å². The Hall–Kier alpha value is -2.41. The molecule has 0 atom stereocenters. The third-order valence-electron chi connectivity index (χ3n) is 8.44. The summed E-state index contributed by atoms with van der Waals surface area (Å²) in [6.07, 6.45) is 8.58. The van der Waals surface area contributed by atoms with E-state index in [1.165, 1.54) is 0 Å². The monoisotopic (exact) mass is 650 g/mol. The van der Waals surface area contributed by atoms with E-state index in [1.807, 2.05) is 19.9 Å². The highest BCUT2D eigenvalue weighted by molar-refractivity contribution is 7.87. The number of allylic oxidation sites excluding steroid dienone is 1. The van der Waals surface area contributed by atoms with Crippen molar-refractivity contribution in [3.05, 3.63) is 72.3 Å². The highest BCUT2D eigenvalue weighted by Gasteiger charge is 2.35. The second-order valence-electron chi connectivity index (χ2n) is 11.8. The summed E-state index contributed by atoms with van der Waals surface area (Å²) in [4.78, 5) is 11.0. The molecular weight excluding hydrogens is 604 g/mol. The van der Waals surface area contributed by atoms with E-state index in [4.69, 9.17) is 17.8 Å². The van der Waals surface area contributed by atoms with Crippen molar-refractivity contribution in [1.82, 2.24) is 0 Å². The number of ether oxygens (including phenoxy) is 2. The van der Waals surface area contributed by atoms with E-state index in [-0.39, 0.29) is 33.8 Å². The molecule has 0 spiro atoms. The molecule has 44 heavy (non-hydrogen) atoms. The maximum atomic E-state index is 12.3. The fourth-order valence-corrected chi connectivity index (χ4v) is 7.29. The van der Waals surface area contributed by atoms with Crippen molar-refractivity contribution in [1.29, 1.82) is 0 Å². The van der Waals surface area contributed by atoms with Gasteiger partial charge in [-0.2, -0.15) is 16.8 Å². The van der Waals surface area contributed by atoms with Gasteiger partial charge < -0.3 is 14.3 Å². The van der Waals surface area contributed by atoms with Crippen molar-refractivity contribution in [2.45, 2.75) is 75.0 Å². The first kappa shape index (κ1) is 36.1. The van der Waals surface area contributed by atoms with Crippen molar-refractivity contribution in [2.75, 3.05) is 39.6 Å². The number of aldehydes is 1. The minimum Gasteiger partial charge on any atom is -0.381 e. The number of rotatable bonds is 14. The molecule has 2 fully saturated rings. The number of carbonyl (C=O) groups excluding carboxylic acids is 1. The van der Waals surface area contributed by atoms with Gasteiger partial charge in [0.05, 0.1) is 23.0 Å². The largest absolute Gasteiger partial charge is 0.381 e. The first-order chi connectivity index (χ1) is 20.9. The van der Waals surface area contributed by atoms with Crippen LogP contribution in [0.25, 0.3) is 0 Å². The van der Waals surface area contributed by atoms with Gasteiger partial charge in [0.15, 0.2) is 0 Å². The lowest BCUT2D eigenvalue weighted by Gasteiger charge is -2.36. The topological polar surface area (TPSA) is 122 Å². The van der Waals surface area contributed by atoms with Gasteiger partial charge in [-0.05, 0) is 93.9 Å². The van der Waals surface area contributed by atoms with Crippen LogP contribution in [0.15, 0.2) is 71.0 Å². The van der Waals surface area contributed by atoms with E-state index in [2.05, 4.69) is 6.58 Å². The molecule has 9 nitrogen and oxygen atoms in total. The maximum Gasteiger partial charge on any atom is 0.296 e. The molecule has 0 N–H and O–H groups in total. The summed E-state index contributed by atoms with van der Waals surface area (Å²) in [6.45, 7) is 10.3. The summed E-state index contributed by atoms with van der Waals surface area (Å²) in [5, 5.41) is 0. The molecule has 2 aromatic carbocycles. The lowest BCUT2D eigenvalue weighted by molar-refractivity contribution is -0.109. The Balaban J connectivity index is 0.000000240. The van der Waals surface area contributed by atoms with Gasteiger partial charge in [-0.15, -0.1) is 6.58 Å². The minimum atomic E-state index is -3.77. The zero-order chi connectivity index (χ0) is 32.1. The Bertz CT molecular complexity index is 1280. The predicted molar refractivity (Wildman–Crippen MR) is 168 cm³/mol. The van der Waals surface area contributed by atoms with Gasteiger partial charge in [0.1, 0.15) is 6.29 Å². The highest BCUT2D eigenvalue weighted by atomic mass is 32.2. The summed E-state index contributed by atoms with van der Waals surface area (Å²) < 4.78 is 70.6. The van der Waals surface area contributed by atoms with Gasteiger partial charge in [-0.3, -0.25) is 8.37 Å². The van der Waals surface area contributed by atoms with E-state index < -0.39 is 20.2 Å². The van der Waals surface area contributed by atoms with Gasteiger partial charge in [0, 0.05) is 32.8 Å². The second kappa shape index (κ2) is 16.8. The number of benzene rings is 2. The van der Waals surface area contributed by atoms with Crippen LogP contribution in [-0.4, -0.2) is 62.8 Å². The molecule has 0 bridgehead atoms. The van der Waals surface area contributed by atoms with Crippen LogP contribution < -0.4 is 0 Å². The quantitative estimate of drug-likeness (QED) is 0.139. The van der Waals surface area contributed by atoms with Crippen molar-refractivity contribution in [2.24, 2.45) is 10.8 Å². The maximum absolute atomic E-state index is 12.3. The molecule has 2 aliphatic heterocycles. The van der Waals surface area contributed by atoms with Crippen molar-refractivity contribution in [3.8, 4) is 0 Å². The Kier molecular flexibility index (Phi) is 13.7. The minimum absolute atomic E-state index is 0.0976. The Morgan fingerprint density at radius 2 is 1.05 bits per heavy atom. The highest BCUT2D eigenvalue weighted by Crippen LogP contribution is 2.37. The normalized spacial score (nSPS) is 18.0. The smallest absolute Gasteiger partial charge is 0.296 e. The van der Waals surface area contributed by atoms with E-state index in [0.29, 0.717) is 52.1 Å². The third-order valence-corrected chi connectivity index (χ3v) is 11.0. The van der Waals surface area contributed by atoms with E-state index in [1.54, 1.807) is 48.5 Å². The lowest BCUT2D eigenvalue weighted by Crippen LogP contribution is -2.35. The van der Waals surface area contributed by atoms with Crippen LogP contribution in [0, 0.1) is 24.7 Å². The summed E-state index contributed by atoms with van der Waals surface area (Å²) in [5.74, 6) is 0. The number of carbonyl (C=O) groups is 1. The molecule has 2 saturated heterocycles. The van der Waals surface area contributed by atoms with Crippen LogP contribution in [0.1, 0.15) is 62.5 Å². The Labute approximate surface area is 263 Å².